The monoisotopic (exact) mass is 337 g/mol. The van der Waals surface area contributed by atoms with E-state index in [2.05, 4.69) is 15.5 Å². The first kappa shape index (κ1) is 16.1. The van der Waals surface area contributed by atoms with Crippen molar-refractivity contribution in [2.24, 2.45) is 0 Å². The Morgan fingerprint density at radius 1 is 1.52 bits per heavy atom. The number of amides is 1. The van der Waals surface area contributed by atoms with E-state index in [1.807, 2.05) is 12.1 Å². The van der Waals surface area contributed by atoms with Crippen molar-refractivity contribution in [2.45, 2.75) is 32.0 Å². The molecule has 1 N–H and O–H groups in total. The molecule has 2 aromatic rings. The number of hydrogen-bond donors (Lipinski definition) is 1. The number of thiophene rings is 1. The first-order valence-corrected chi connectivity index (χ1v) is 8.38. The molecule has 23 heavy (non-hydrogen) atoms. The van der Waals surface area contributed by atoms with Gasteiger partial charge in [-0.3, -0.25) is 4.79 Å². The fourth-order valence-electron chi connectivity index (χ4n) is 2.40. The number of nitrogens with one attached hydrogen (secondary N) is 1. The molecule has 7 nitrogen and oxygen atoms in total. The molecule has 0 bridgehead atoms. The molecule has 3 heterocycles. The van der Waals surface area contributed by atoms with Crippen molar-refractivity contribution in [3.63, 3.8) is 0 Å². The summed E-state index contributed by atoms with van der Waals surface area (Å²) in [6.07, 6.45) is 2.76. The number of nitrogens with zero attached hydrogens (tertiary/aromatic N) is 2. The summed E-state index contributed by atoms with van der Waals surface area (Å²) in [7, 11) is 1.57. The largest absolute Gasteiger partial charge is 0.377 e. The third kappa shape index (κ3) is 4.15. The maximum atomic E-state index is 12.1. The predicted molar refractivity (Wildman–Crippen MR) is 83.3 cm³/mol. The summed E-state index contributed by atoms with van der Waals surface area (Å²) in [4.78, 5) is 18.1. The predicted octanol–water partition coefficient (Wildman–Crippen LogP) is 2.10. The summed E-state index contributed by atoms with van der Waals surface area (Å²) in [6, 6.07) is 3.82. The van der Waals surface area contributed by atoms with Crippen molar-refractivity contribution >= 4 is 17.2 Å². The maximum Gasteiger partial charge on any atom is 0.261 e. The summed E-state index contributed by atoms with van der Waals surface area (Å²) in [5.74, 6) is 0.910. The Morgan fingerprint density at radius 3 is 3.22 bits per heavy atom. The van der Waals surface area contributed by atoms with Crippen molar-refractivity contribution < 1.29 is 18.8 Å². The first-order valence-electron chi connectivity index (χ1n) is 7.56. The summed E-state index contributed by atoms with van der Waals surface area (Å²) in [6.45, 7) is 1.57. The molecule has 124 valence electrons. The van der Waals surface area contributed by atoms with Gasteiger partial charge in [0.1, 0.15) is 6.61 Å². The molecule has 8 heteroatoms. The standard InChI is InChI=1S/C15H19N3O4S/c1-20-9-13-17-14(22-18-13)6-7-16-15(19)12-5-4-11(23-12)10-3-2-8-21-10/h4-5,10H,2-3,6-9H2,1H3,(H,16,19)/t10-/m0/s1. The highest BCUT2D eigenvalue weighted by molar-refractivity contribution is 7.14. The number of methoxy groups -OCH3 is 1. The lowest BCUT2D eigenvalue weighted by atomic mass is 10.2. The van der Waals surface area contributed by atoms with Crippen molar-refractivity contribution in [3.05, 3.63) is 33.6 Å². The van der Waals surface area contributed by atoms with Gasteiger partial charge in [0.25, 0.3) is 5.91 Å². The van der Waals surface area contributed by atoms with Crippen LogP contribution in [0.3, 0.4) is 0 Å². The molecule has 0 saturated carbocycles. The van der Waals surface area contributed by atoms with Gasteiger partial charge in [-0.2, -0.15) is 4.98 Å². The molecule has 1 fully saturated rings. The highest BCUT2D eigenvalue weighted by atomic mass is 32.1. The van der Waals surface area contributed by atoms with E-state index in [9.17, 15) is 4.79 Å². The van der Waals surface area contributed by atoms with Crippen LogP contribution in [0.1, 0.15) is 45.2 Å². The molecule has 1 aliphatic heterocycles. The zero-order valence-corrected chi connectivity index (χ0v) is 13.7. The van der Waals surface area contributed by atoms with Crippen LogP contribution in [0.5, 0.6) is 0 Å². The molecule has 1 amide bonds. The minimum Gasteiger partial charge on any atom is -0.377 e. The average molecular weight is 337 g/mol. The number of hydrogen-bond acceptors (Lipinski definition) is 7. The second kappa shape index (κ2) is 7.67. The summed E-state index contributed by atoms with van der Waals surface area (Å²) >= 11 is 1.49. The van der Waals surface area contributed by atoms with Crippen LogP contribution in [0.4, 0.5) is 0 Å². The van der Waals surface area contributed by atoms with Gasteiger partial charge in [0, 0.05) is 31.6 Å². The van der Waals surface area contributed by atoms with E-state index in [1.54, 1.807) is 7.11 Å². The average Bonchev–Trinajstić information content (AvgIpc) is 3.29. The van der Waals surface area contributed by atoms with Crippen LogP contribution in [0, 0.1) is 0 Å². The van der Waals surface area contributed by atoms with Gasteiger partial charge in [-0.25, -0.2) is 0 Å². The normalized spacial score (nSPS) is 17.5. The van der Waals surface area contributed by atoms with Gasteiger partial charge >= 0.3 is 0 Å². The Kier molecular flexibility index (Phi) is 5.37. The summed E-state index contributed by atoms with van der Waals surface area (Å²) in [5, 5.41) is 6.64. The Morgan fingerprint density at radius 2 is 2.43 bits per heavy atom. The first-order chi connectivity index (χ1) is 11.3. The van der Waals surface area contributed by atoms with E-state index in [-0.39, 0.29) is 12.0 Å². The minimum atomic E-state index is -0.0872. The number of carbonyl (C=O) groups is 1. The third-order valence-electron chi connectivity index (χ3n) is 3.51. The number of ether oxygens (including phenoxy) is 2. The van der Waals surface area contributed by atoms with Gasteiger partial charge in [0.2, 0.25) is 5.89 Å². The van der Waals surface area contributed by atoms with Crippen LogP contribution >= 0.6 is 11.3 Å². The van der Waals surface area contributed by atoms with Crippen LogP contribution in [0.15, 0.2) is 16.7 Å². The topological polar surface area (TPSA) is 86.5 Å². The molecular weight excluding hydrogens is 318 g/mol. The van der Waals surface area contributed by atoms with E-state index in [4.69, 9.17) is 14.0 Å². The fourth-order valence-corrected chi connectivity index (χ4v) is 3.41. The Balaban J connectivity index is 1.47. The number of aromatic nitrogens is 2. The van der Waals surface area contributed by atoms with Crippen molar-refractivity contribution in [3.8, 4) is 0 Å². The van der Waals surface area contributed by atoms with Crippen LogP contribution in [0.2, 0.25) is 0 Å². The molecule has 0 unspecified atom stereocenters. The van der Waals surface area contributed by atoms with Crippen molar-refractivity contribution in [1.82, 2.24) is 15.5 Å². The zero-order valence-electron chi connectivity index (χ0n) is 12.9. The molecule has 3 rings (SSSR count). The van der Waals surface area contributed by atoms with Crippen LogP contribution < -0.4 is 5.32 Å². The smallest absolute Gasteiger partial charge is 0.261 e. The molecule has 1 saturated heterocycles. The lowest BCUT2D eigenvalue weighted by Gasteiger charge is -2.05. The third-order valence-corrected chi connectivity index (χ3v) is 4.68. The van der Waals surface area contributed by atoms with Gasteiger partial charge in [-0.15, -0.1) is 11.3 Å². The SMILES string of the molecule is COCc1noc(CCNC(=O)c2ccc([C@@H]3CCCO3)s2)n1. The minimum absolute atomic E-state index is 0.0872. The Hall–Kier alpha value is -1.77. The van der Waals surface area contributed by atoms with Crippen molar-refractivity contribution in [1.29, 1.82) is 0 Å². The van der Waals surface area contributed by atoms with Gasteiger partial charge in [-0.05, 0) is 25.0 Å². The van der Waals surface area contributed by atoms with E-state index in [0.29, 0.717) is 36.2 Å². The summed E-state index contributed by atoms with van der Waals surface area (Å²) in [5.41, 5.74) is 0. The van der Waals surface area contributed by atoms with E-state index in [1.165, 1.54) is 11.3 Å². The van der Waals surface area contributed by atoms with E-state index < -0.39 is 0 Å². The van der Waals surface area contributed by atoms with Gasteiger partial charge in [0.15, 0.2) is 5.82 Å². The molecular formula is C15H19N3O4S. The highest BCUT2D eigenvalue weighted by Gasteiger charge is 2.20. The zero-order chi connectivity index (χ0) is 16.1. The van der Waals surface area contributed by atoms with Crippen molar-refractivity contribution in [2.75, 3.05) is 20.3 Å². The molecule has 0 aromatic carbocycles. The Bertz CT molecular complexity index is 649. The van der Waals surface area contributed by atoms with Crippen LogP contribution in [-0.4, -0.2) is 36.3 Å². The molecule has 0 radical (unpaired) electrons. The molecule has 1 atom stereocenters. The molecule has 1 aliphatic rings. The lowest BCUT2D eigenvalue weighted by Crippen LogP contribution is -2.24. The van der Waals surface area contributed by atoms with E-state index >= 15 is 0 Å². The quantitative estimate of drug-likeness (QED) is 0.832. The van der Waals surface area contributed by atoms with E-state index in [0.717, 1.165) is 24.3 Å². The highest BCUT2D eigenvalue weighted by Crippen LogP contribution is 2.33. The molecule has 0 spiro atoms. The second-order valence-corrected chi connectivity index (χ2v) is 6.36. The summed E-state index contributed by atoms with van der Waals surface area (Å²) < 4.78 is 15.6. The van der Waals surface area contributed by atoms with Crippen LogP contribution in [0.25, 0.3) is 0 Å². The van der Waals surface area contributed by atoms with Gasteiger partial charge in [0.05, 0.1) is 11.0 Å². The lowest BCUT2D eigenvalue weighted by molar-refractivity contribution is 0.0957. The Labute approximate surface area is 138 Å². The van der Waals surface area contributed by atoms with Gasteiger partial charge in [-0.1, -0.05) is 5.16 Å². The number of carbonyl (C=O) groups excluding carboxylic acids is 1. The van der Waals surface area contributed by atoms with Crippen LogP contribution in [-0.2, 0) is 22.5 Å². The number of rotatable bonds is 7. The molecule has 2 aromatic heterocycles. The van der Waals surface area contributed by atoms with Gasteiger partial charge < -0.3 is 19.3 Å². The molecule has 0 aliphatic carbocycles. The fraction of sp³-hybridized carbons (Fsp3) is 0.533. The maximum absolute atomic E-state index is 12.1. The second-order valence-electron chi connectivity index (χ2n) is 5.25.